The molecule has 11 heteroatoms. The lowest BCUT2D eigenvalue weighted by Crippen LogP contribution is -2.20. The van der Waals surface area contributed by atoms with E-state index in [0.717, 1.165) is 11.8 Å². The summed E-state index contributed by atoms with van der Waals surface area (Å²) in [5.41, 5.74) is 1.34. The molecule has 4 rings (SSSR count). The van der Waals surface area contributed by atoms with E-state index >= 15 is 0 Å². The number of ether oxygens (including phenoxy) is 1. The van der Waals surface area contributed by atoms with Gasteiger partial charge < -0.3 is 20.3 Å². The number of thiocarbonyl (C=S) groups is 1. The van der Waals surface area contributed by atoms with Crippen LogP contribution in [0.3, 0.4) is 0 Å². The molecule has 0 unspecified atom stereocenters. The molecule has 2 aromatic carbocycles. The summed E-state index contributed by atoms with van der Waals surface area (Å²) in [6.07, 6.45) is 0. The normalized spacial score (nSPS) is 13.2. The Hall–Kier alpha value is -2.63. The highest BCUT2D eigenvalue weighted by Crippen LogP contribution is 2.46. The number of hydrogen-bond acceptors (Lipinski definition) is 9. The van der Waals surface area contributed by atoms with Gasteiger partial charge in [0.2, 0.25) is 0 Å². The van der Waals surface area contributed by atoms with Crippen LogP contribution in [0, 0.1) is 10.1 Å². The van der Waals surface area contributed by atoms with Gasteiger partial charge in [0.1, 0.15) is 18.1 Å². The summed E-state index contributed by atoms with van der Waals surface area (Å²) in [4.78, 5) is 15.2. The van der Waals surface area contributed by atoms with Gasteiger partial charge in [-0.2, -0.15) is 0 Å². The summed E-state index contributed by atoms with van der Waals surface area (Å²) in [6, 6.07) is 5.84. The summed E-state index contributed by atoms with van der Waals surface area (Å²) in [5, 5.41) is 34.4. The van der Waals surface area contributed by atoms with Gasteiger partial charge >= 0.3 is 0 Å². The van der Waals surface area contributed by atoms with E-state index in [4.69, 9.17) is 17.0 Å². The fraction of sp³-hybridized carbons (Fsp3) is 0.0667. The topological polar surface area (TPSA) is 118 Å². The molecule has 1 aromatic heterocycles. The minimum absolute atomic E-state index is 0.00818. The van der Waals surface area contributed by atoms with Gasteiger partial charge in [-0.05, 0) is 24.4 Å². The largest absolute Gasteiger partial charge is 0.506 e. The molecule has 1 aliphatic heterocycles. The van der Waals surface area contributed by atoms with Crippen LogP contribution in [0.4, 0.5) is 11.4 Å². The first-order valence-electron chi connectivity index (χ1n) is 7.17. The first-order valence-corrected chi connectivity index (χ1v) is 9.21. The molecule has 3 N–H and O–H groups in total. The van der Waals surface area contributed by atoms with E-state index in [1.165, 1.54) is 29.5 Å². The molecule has 0 amide bonds. The van der Waals surface area contributed by atoms with Crippen LogP contribution >= 0.6 is 35.3 Å². The lowest BCUT2D eigenvalue weighted by molar-refractivity contribution is -0.384. The molecular formula is C15H9N3O5S3. The Labute approximate surface area is 159 Å². The van der Waals surface area contributed by atoms with Crippen LogP contribution in [0.15, 0.2) is 33.5 Å². The average molecular weight is 407 g/mol. The molecular weight excluding hydrogens is 398 g/mol. The van der Waals surface area contributed by atoms with Gasteiger partial charge in [-0.1, -0.05) is 11.8 Å². The molecule has 8 nitrogen and oxygen atoms in total. The first kappa shape index (κ1) is 16.8. The minimum Gasteiger partial charge on any atom is -0.506 e. The summed E-state index contributed by atoms with van der Waals surface area (Å²) >= 11 is 7.32. The number of hydrogen-bond donors (Lipinski definition) is 3. The van der Waals surface area contributed by atoms with Crippen molar-refractivity contribution in [2.75, 3.05) is 5.32 Å². The number of anilines is 1. The number of aromatic nitrogens is 1. The van der Waals surface area contributed by atoms with Crippen molar-refractivity contribution in [2.24, 2.45) is 0 Å². The monoisotopic (exact) mass is 407 g/mol. The number of nitro benzene ring substituents is 1. The maximum absolute atomic E-state index is 10.9. The quantitative estimate of drug-likeness (QED) is 0.195. The third kappa shape index (κ3) is 2.89. The zero-order valence-electron chi connectivity index (χ0n) is 12.8. The standard InChI is InChI=1S/C15H9N3O5S3/c19-9-4-11(13(20)7-5-23-14(24)17-12(7)9)26-15-16-8-2-1-6(18(21)22)3-10(8)25-15/h1-4,19-20H,5H2,(H,17,24). The molecule has 2 heterocycles. The van der Waals surface area contributed by atoms with Crippen LogP contribution in [0.25, 0.3) is 10.2 Å². The van der Waals surface area contributed by atoms with E-state index < -0.39 is 4.92 Å². The molecule has 0 bridgehead atoms. The Kier molecular flexibility index (Phi) is 4.05. The SMILES string of the molecule is O=[N+]([O-])c1ccc2nc(Sc3cc(O)c4c(c3O)COC(=S)N4)sc2c1. The number of benzene rings is 2. The second-order valence-electron chi connectivity index (χ2n) is 5.29. The van der Waals surface area contributed by atoms with E-state index in [1.807, 2.05) is 0 Å². The number of phenolic OH excluding ortho intramolecular Hbond substituents is 2. The molecule has 26 heavy (non-hydrogen) atoms. The Morgan fingerprint density at radius 1 is 1.38 bits per heavy atom. The zero-order valence-corrected chi connectivity index (χ0v) is 15.2. The molecule has 132 valence electrons. The van der Waals surface area contributed by atoms with Gasteiger partial charge in [-0.3, -0.25) is 10.1 Å². The maximum atomic E-state index is 10.9. The first-order chi connectivity index (χ1) is 12.4. The number of phenols is 2. The van der Waals surface area contributed by atoms with E-state index in [-0.39, 0.29) is 29.0 Å². The van der Waals surface area contributed by atoms with Gasteiger partial charge in [0.25, 0.3) is 10.9 Å². The number of thiazole rings is 1. The zero-order chi connectivity index (χ0) is 18.4. The van der Waals surface area contributed by atoms with Crippen molar-refractivity contribution in [3.63, 3.8) is 0 Å². The third-order valence-electron chi connectivity index (χ3n) is 3.68. The molecule has 3 aromatic rings. The van der Waals surface area contributed by atoms with Crippen LogP contribution < -0.4 is 5.32 Å². The van der Waals surface area contributed by atoms with Gasteiger partial charge in [-0.25, -0.2) is 4.98 Å². The lowest BCUT2D eigenvalue weighted by atomic mass is 10.1. The van der Waals surface area contributed by atoms with Crippen LogP contribution in [0.1, 0.15) is 5.56 Å². The van der Waals surface area contributed by atoms with Crippen LogP contribution in [0.5, 0.6) is 11.5 Å². The van der Waals surface area contributed by atoms with Gasteiger partial charge in [-0.15, -0.1) is 11.3 Å². The molecule has 0 radical (unpaired) electrons. The summed E-state index contributed by atoms with van der Waals surface area (Å²) in [6.45, 7) is 0.0427. The van der Waals surface area contributed by atoms with Crippen LogP contribution in [-0.2, 0) is 11.3 Å². The fourth-order valence-electron chi connectivity index (χ4n) is 2.46. The number of fused-ring (bicyclic) bond motifs is 2. The van der Waals surface area contributed by atoms with Crippen molar-refractivity contribution >= 4 is 62.1 Å². The molecule has 0 aliphatic carbocycles. The third-order valence-corrected chi connectivity index (χ3v) is 6.01. The second-order valence-corrected chi connectivity index (χ2v) is 7.98. The predicted octanol–water partition coefficient (Wildman–Crippen LogP) is 3.99. The molecule has 0 spiro atoms. The number of aromatic hydroxyl groups is 2. The fourth-order valence-corrected chi connectivity index (χ4v) is 4.78. The van der Waals surface area contributed by atoms with Crippen molar-refractivity contribution in [1.82, 2.24) is 4.98 Å². The van der Waals surface area contributed by atoms with E-state index in [0.29, 0.717) is 30.7 Å². The maximum Gasteiger partial charge on any atom is 0.270 e. The Bertz CT molecular complexity index is 1080. The number of nitrogens with one attached hydrogen (secondary N) is 1. The molecule has 0 saturated heterocycles. The van der Waals surface area contributed by atoms with Gasteiger partial charge in [0, 0.05) is 12.1 Å². The minimum atomic E-state index is -0.462. The average Bonchev–Trinajstić information content (AvgIpc) is 3.00. The van der Waals surface area contributed by atoms with Crippen molar-refractivity contribution < 1.29 is 19.9 Å². The van der Waals surface area contributed by atoms with E-state index in [9.17, 15) is 20.3 Å². The summed E-state index contributed by atoms with van der Waals surface area (Å²) < 4.78 is 6.44. The predicted molar refractivity (Wildman–Crippen MR) is 101 cm³/mol. The molecule has 0 fully saturated rings. The van der Waals surface area contributed by atoms with Gasteiger partial charge in [0.15, 0.2) is 4.34 Å². The highest BCUT2D eigenvalue weighted by molar-refractivity contribution is 8.01. The highest BCUT2D eigenvalue weighted by Gasteiger charge is 2.24. The number of nitro groups is 1. The van der Waals surface area contributed by atoms with E-state index in [1.54, 1.807) is 6.07 Å². The van der Waals surface area contributed by atoms with Crippen molar-refractivity contribution in [3.05, 3.63) is 39.9 Å². The Morgan fingerprint density at radius 3 is 2.96 bits per heavy atom. The summed E-state index contributed by atoms with van der Waals surface area (Å²) in [7, 11) is 0. The van der Waals surface area contributed by atoms with Crippen molar-refractivity contribution in [1.29, 1.82) is 0 Å². The van der Waals surface area contributed by atoms with E-state index in [2.05, 4.69) is 10.3 Å². The highest BCUT2D eigenvalue weighted by atomic mass is 32.2. The number of rotatable bonds is 3. The smallest absolute Gasteiger partial charge is 0.270 e. The molecule has 1 aliphatic rings. The summed E-state index contributed by atoms with van der Waals surface area (Å²) in [5.74, 6) is -0.106. The van der Waals surface area contributed by atoms with Crippen molar-refractivity contribution in [3.8, 4) is 11.5 Å². The second kappa shape index (κ2) is 6.27. The van der Waals surface area contributed by atoms with Crippen molar-refractivity contribution in [2.45, 2.75) is 15.8 Å². The number of non-ortho nitro benzene ring substituents is 1. The van der Waals surface area contributed by atoms with Crippen LogP contribution in [0.2, 0.25) is 0 Å². The Morgan fingerprint density at radius 2 is 2.19 bits per heavy atom. The Balaban J connectivity index is 1.71. The van der Waals surface area contributed by atoms with Crippen LogP contribution in [-0.4, -0.2) is 25.3 Å². The number of nitrogens with zero attached hydrogens (tertiary/aromatic N) is 2. The molecule has 0 saturated carbocycles. The van der Waals surface area contributed by atoms with Gasteiger partial charge in [0.05, 0.1) is 31.3 Å². The molecule has 0 atom stereocenters. The lowest BCUT2D eigenvalue weighted by Gasteiger charge is -2.22.